The summed E-state index contributed by atoms with van der Waals surface area (Å²) in [5.41, 5.74) is 1.69. The molecule has 0 heterocycles. The Kier molecular flexibility index (Phi) is 3.68. The van der Waals surface area contributed by atoms with Crippen molar-refractivity contribution in [3.8, 4) is 0 Å². The van der Waals surface area contributed by atoms with Gasteiger partial charge in [0.1, 0.15) is 0 Å². The van der Waals surface area contributed by atoms with Crippen molar-refractivity contribution in [3.05, 3.63) is 45.5 Å². The predicted octanol–water partition coefficient (Wildman–Crippen LogP) is 3.07. The lowest BCUT2D eigenvalue weighted by atomic mass is 10.2. The van der Waals surface area contributed by atoms with Gasteiger partial charge < -0.3 is 5.32 Å². The number of rotatable bonds is 4. The number of hydrogen-bond acceptors (Lipinski definition) is 3. The van der Waals surface area contributed by atoms with Gasteiger partial charge in [-0.2, -0.15) is 0 Å². The Morgan fingerprint density at radius 2 is 2.33 bits per heavy atom. The third kappa shape index (κ3) is 3.25. The first-order valence-corrected chi connectivity index (χ1v) is 4.70. The number of anilines is 1. The molecule has 0 radical (unpaired) electrons. The van der Waals surface area contributed by atoms with E-state index in [4.69, 9.17) is 11.6 Å². The normalized spacial score (nSPS) is 9.73. The minimum Gasteiger partial charge on any atom is -0.380 e. The van der Waals surface area contributed by atoms with E-state index in [2.05, 4.69) is 11.9 Å². The topological polar surface area (TPSA) is 55.2 Å². The SMILES string of the molecule is C=C(Cl)CNc1cc([N+](=O)[O-])ccc1C. The highest BCUT2D eigenvalue weighted by atomic mass is 35.5. The van der Waals surface area contributed by atoms with Crippen LogP contribution in [0, 0.1) is 17.0 Å². The third-order valence-electron chi connectivity index (χ3n) is 1.90. The second-order valence-electron chi connectivity index (χ2n) is 3.13. The number of aryl methyl sites for hydroxylation is 1. The van der Waals surface area contributed by atoms with Crippen LogP contribution in [0.25, 0.3) is 0 Å². The summed E-state index contributed by atoms with van der Waals surface area (Å²) in [6.45, 7) is 5.78. The quantitative estimate of drug-likeness (QED) is 0.634. The van der Waals surface area contributed by atoms with Gasteiger partial charge in [-0.05, 0) is 12.5 Å². The van der Waals surface area contributed by atoms with Crippen LogP contribution in [-0.2, 0) is 0 Å². The van der Waals surface area contributed by atoms with Gasteiger partial charge in [0.05, 0.1) is 11.5 Å². The summed E-state index contributed by atoms with van der Waals surface area (Å²) in [6.07, 6.45) is 0. The van der Waals surface area contributed by atoms with Gasteiger partial charge >= 0.3 is 0 Å². The second-order valence-corrected chi connectivity index (χ2v) is 3.66. The van der Waals surface area contributed by atoms with Crippen molar-refractivity contribution in [3.63, 3.8) is 0 Å². The molecule has 0 fully saturated rings. The summed E-state index contributed by atoms with van der Waals surface area (Å²) >= 11 is 5.59. The lowest BCUT2D eigenvalue weighted by molar-refractivity contribution is -0.384. The first kappa shape index (κ1) is 11.5. The van der Waals surface area contributed by atoms with Crippen molar-refractivity contribution in [2.45, 2.75) is 6.92 Å². The van der Waals surface area contributed by atoms with Crippen LogP contribution in [0.15, 0.2) is 29.8 Å². The van der Waals surface area contributed by atoms with E-state index in [-0.39, 0.29) is 5.69 Å². The van der Waals surface area contributed by atoms with E-state index in [9.17, 15) is 10.1 Å². The van der Waals surface area contributed by atoms with Gasteiger partial charge in [0.2, 0.25) is 0 Å². The Balaban J connectivity index is 2.90. The molecule has 0 saturated heterocycles. The predicted molar refractivity (Wildman–Crippen MR) is 61.3 cm³/mol. The fourth-order valence-corrected chi connectivity index (χ4v) is 1.17. The van der Waals surface area contributed by atoms with Crippen LogP contribution >= 0.6 is 11.6 Å². The van der Waals surface area contributed by atoms with Crippen LogP contribution in [0.2, 0.25) is 0 Å². The number of nitrogens with one attached hydrogen (secondary N) is 1. The molecule has 15 heavy (non-hydrogen) atoms. The van der Waals surface area contributed by atoms with Gasteiger partial charge in [-0.15, -0.1) is 0 Å². The highest BCUT2D eigenvalue weighted by Crippen LogP contribution is 2.21. The number of nitrogens with zero attached hydrogens (tertiary/aromatic N) is 1. The standard InChI is InChI=1S/C10H11ClN2O2/c1-7-3-4-9(13(14)15)5-10(7)12-6-8(2)11/h3-5,12H,2,6H2,1H3. The van der Waals surface area contributed by atoms with E-state index in [1.807, 2.05) is 6.92 Å². The lowest BCUT2D eigenvalue weighted by Crippen LogP contribution is -2.03. The molecule has 1 aromatic carbocycles. The van der Waals surface area contributed by atoms with Crippen LogP contribution < -0.4 is 5.32 Å². The zero-order chi connectivity index (χ0) is 11.4. The Morgan fingerprint density at radius 3 is 2.87 bits per heavy atom. The molecule has 0 spiro atoms. The molecule has 1 N–H and O–H groups in total. The lowest BCUT2D eigenvalue weighted by Gasteiger charge is -2.07. The number of benzene rings is 1. The Bertz CT molecular complexity index is 404. The third-order valence-corrected chi connectivity index (χ3v) is 2.04. The van der Waals surface area contributed by atoms with Crippen LogP contribution in [0.1, 0.15) is 5.56 Å². The maximum absolute atomic E-state index is 10.5. The molecule has 0 atom stereocenters. The summed E-state index contributed by atoms with van der Waals surface area (Å²) < 4.78 is 0. The van der Waals surface area contributed by atoms with Crippen molar-refractivity contribution in [1.29, 1.82) is 0 Å². The van der Waals surface area contributed by atoms with Crippen molar-refractivity contribution >= 4 is 23.0 Å². The molecule has 0 unspecified atom stereocenters. The van der Waals surface area contributed by atoms with Gasteiger partial charge in [0, 0.05) is 22.9 Å². The van der Waals surface area contributed by atoms with Gasteiger partial charge in [-0.3, -0.25) is 10.1 Å². The number of hydrogen-bond donors (Lipinski definition) is 1. The average molecular weight is 227 g/mol. The molecule has 5 heteroatoms. The Hall–Kier alpha value is -1.55. The van der Waals surface area contributed by atoms with Crippen molar-refractivity contribution in [2.24, 2.45) is 0 Å². The van der Waals surface area contributed by atoms with E-state index in [0.717, 1.165) is 5.56 Å². The molecule has 0 aliphatic rings. The van der Waals surface area contributed by atoms with E-state index in [0.29, 0.717) is 17.3 Å². The number of halogens is 1. The molecule has 80 valence electrons. The largest absolute Gasteiger partial charge is 0.380 e. The van der Waals surface area contributed by atoms with Crippen molar-refractivity contribution < 1.29 is 4.92 Å². The van der Waals surface area contributed by atoms with Crippen LogP contribution in [0.4, 0.5) is 11.4 Å². The van der Waals surface area contributed by atoms with Crippen LogP contribution in [-0.4, -0.2) is 11.5 Å². The highest BCUT2D eigenvalue weighted by molar-refractivity contribution is 6.29. The van der Waals surface area contributed by atoms with Gasteiger partial charge in [0.15, 0.2) is 0 Å². The fraction of sp³-hybridized carbons (Fsp3) is 0.200. The van der Waals surface area contributed by atoms with Gasteiger partial charge in [-0.25, -0.2) is 0 Å². The molecule has 0 amide bonds. The molecule has 0 aliphatic heterocycles. The van der Waals surface area contributed by atoms with E-state index < -0.39 is 4.92 Å². The monoisotopic (exact) mass is 226 g/mol. The number of non-ortho nitro benzene ring substituents is 1. The minimum atomic E-state index is -0.430. The van der Waals surface area contributed by atoms with Crippen LogP contribution in [0.3, 0.4) is 0 Å². The maximum Gasteiger partial charge on any atom is 0.271 e. The minimum absolute atomic E-state index is 0.0586. The first-order chi connectivity index (χ1) is 7.00. The van der Waals surface area contributed by atoms with Gasteiger partial charge in [0.25, 0.3) is 5.69 Å². The maximum atomic E-state index is 10.5. The van der Waals surface area contributed by atoms with E-state index in [1.54, 1.807) is 6.07 Å². The molecule has 0 bridgehead atoms. The number of nitro groups is 1. The Labute approximate surface area is 92.7 Å². The van der Waals surface area contributed by atoms with Crippen molar-refractivity contribution in [1.82, 2.24) is 0 Å². The zero-order valence-corrected chi connectivity index (χ0v) is 9.04. The second kappa shape index (κ2) is 4.79. The van der Waals surface area contributed by atoms with E-state index in [1.165, 1.54) is 12.1 Å². The van der Waals surface area contributed by atoms with Crippen molar-refractivity contribution in [2.75, 3.05) is 11.9 Å². The zero-order valence-electron chi connectivity index (χ0n) is 8.29. The first-order valence-electron chi connectivity index (χ1n) is 4.33. The summed E-state index contributed by atoms with van der Waals surface area (Å²) in [4.78, 5) is 10.1. The summed E-state index contributed by atoms with van der Waals surface area (Å²) in [5, 5.41) is 14.0. The molecule has 1 aromatic rings. The fourth-order valence-electron chi connectivity index (χ4n) is 1.11. The van der Waals surface area contributed by atoms with Gasteiger partial charge in [-0.1, -0.05) is 24.2 Å². The van der Waals surface area contributed by atoms with E-state index >= 15 is 0 Å². The molecular formula is C10H11ClN2O2. The highest BCUT2D eigenvalue weighted by Gasteiger charge is 2.07. The summed E-state index contributed by atoms with van der Waals surface area (Å²) in [5.74, 6) is 0. The van der Waals surface area contributed by atoms with Crippen LogP contribution in [0.5, 0.6) is 0 Å². The summed E-state index contributed by atoms with van der Waals surface area (Å²) in [7, 11) is 0. The molecule has 0 aromatic heterocycles. The molecule has 1 rings (SSSR count). The molecule has 0 saturated carbocycles. The molecule has 4 nitrogen and oxygen atoms in total. The smallest absolute Gasteiger partial charge is 0.271 e. The number of nitro benzene ring substituents is 1. The molecule has 0 aliphatic carbocycles. The molecular weight excluding hydrogens is 216 g/mol. The summed E-state index contributed by atoms with van der Waals surface area (Å²) in [6, 6.07) is 4.64. The Morgan fingerprint density at radius 1 is 1.67 bits per heavy atom. The average Bonchev–Trinajstić information content (AvgIpc) is 2.16.